The Morgan fingerprint density at radius 3 is 2.81 bits per heavy atom. The molecule has 0 heterocycles. The summed E-state index contributed by atoms with van der Waals surface area (Å²) in [7, 11) is 0. The smallest absolute Gasteiger partial charge is 0.252 e. The molecular weight excluding hydrogens is 321 g/mol. The Morgan fingerprint density at radius 1 is 1.38 bits per heavy atom. The zero-order valence-electron chi connectivity index (χ0n) is 8.78. The zero-order chi connectivity index (χ0) is 11.8. The first-order valence-corrected chi connectivity index (χ1v) is 6.05. The highest BCUT2D eigenvalue weighted by molar-refractivity contribution is 14.1. The largest absolute Gasteiger partial charge is 0.394 e. The molecule has 0 aliphatic heterocycles. The molecule has 0 radical (unpaired) electrons. The van der Waals surface area contributed by atoms with Gasteiger partial charge in [0.15, 0.2) is 0 Å². The molecule has 0 saturated carbocycles. The maximum Gasteiger partial charge on any atom is 0.252 e. The van der Waals surface area contributed by atoms with Crippen molar-refractivity contribution in [3.05, 3.63) is 33.4 Å². The molecule has 0 fully saturated rings. The van der Waals surface area contributed by atoms with Gasteiger partial charge in [0, 0.05) is 10.1 Å². The van der Waals surface area contributed by atoms with Crippen molar-refractivity contribution >= 4 is 28.5 Å². The van der Waals surface area contributed by atoms with E-state index in [-0.39, 0.29) is 12.5 Å². The third-order valence-electron chi connectivity index (χ3n) is 1.89. The SMILES string of the molecule is O=C(NCCOCCO)c1ccccc1I. The molecule has 1 amide bonds. The Hall–Kier alpha value is -0.660. The number of aliphatic hydroxyl groups excluding tert-OH is 1. The molecule has 1 aromatic rings. The van der Waals surface area contributed by atoms with Crippen LogP contribution >= 0.6 is 22.6 Å². The topological polar surface area (TPSA) is 58.6 Å². The van der Waals surface area contributed by atoms with Crippen LogP contribution in [0.5, 0.6) is 0 Å². The van der Waals surface area contributed by atoms with E-state index in [1.54, 1.807) is 6.07 Å². The number of ether oxygens (including phenoxy) is 1. The Balaban J connectivity index is 2.33. The van der Waals surface area contributed by atoms with Crippen LogP contribution in [0.1, 0.15) is 10.4 Å². The summed E-state index contributed by atoms with van der Waals surface area (Å²) < 4.78 is 5.96. The number of carbonyl (C=O) groups excluding carboxylic acids is 1. The molecule has 0 atom stereocenters. The van der Waals surface area contributed by atoms with E-state index in [1.807, 2.05) is 18.2 Å². The summed E-state index contributed by atoms with van der Waals surface area (Å²) in [6.07, 6.45) is 0. The Labute approximate surface area is 108 Å². The van der Waals surface area contributed by atoms with E-state index < -0.39 is 0 Å². The van der Waals surface area contributed by atoms with Crippen LogP contribution in [0.15, 0.2) is 24.3 Å². The number of aliphatic hydroxyl groups is 1. The molecule has 88 valence electrons. The molecule has 5 heteroatoms. The number of hydrogen-bond acceptors (Lipinski definition) is 3. The molecule has 4 nitrogen and oxygen atoms in total. The van der Waals surface area contributed by atoms with Gasteiger partial charge in [0.1, 0.15) is 0 Å². The molecule has 0 saturated heterocycles. The van der Waals surface area contributed by atoms with Crippen LogP contribution in [0.25, 0.3) is 0 Å². The average Bonchev–Trinajstić information content (AvgIpc) is 2.29. The lowest BCUT2D eigenvalue weighted by Crippen LogP contribution is -2.28. The van der Waals surface area contributed by atoms with Crippen LogP contribution < -0.4 is 5.32 Å². The number of carbonyl (C=O) groups is 1. The molecule has 0 aliphatic carbocycles. The summed E-state index contributed by atoms with van der Waals surface area (Å²) in [5.74, 6) is -0.0994. The second-order valence-corrected chi connectivity index (χ2v) is 4.23. The molecule has 2 N–H and O–H groups in total. The van der Waals surface area contributed by atoms with Crippen molar-refractivity contribution in [1.82, 2.24) is 5.32 Å². The van der Waals surface area contributed by atoms with Gasteiger partial charge in [-0.25, -0.2) is 0 Å². The van der Waals surface area contributed by atoms with Crippen LogP contribution in [0.2, 0.25) is 0 Å². The summed E-state index contributed by atoms with van der Waals surface area (Å²) in [6.45, 7) is 1.17. The van der Waals surface area contributed by atoms with Gasteiger partial charge in [-0.15, -0.1) is 0 Å². The summed E-state index contributed by atoms with van der Waals surface area (Å²) in [5, 5.41) is 11.2. The van der Waals surface area contributed by atoms with E-state index in [1.165, 1.54) is 0 Å². The van der Waals surface area contributed by atoms with Crippen molar-refractivity contribution in [3.63, 3.8) is 0 Å². The third-order valence-corrected chi connectivity index (χ3v) is 2.83. The van der Waals surface area contributed by atoms with Gasteiger partial charge in [0.2, 0.25) is 0 Å². The lowest BCUT2D eigenvalue weighted by atomic mass is 10.2. The van der Waals surface area contributed by atoms with Gasteiger partial charge < -0.3 is 15.2 Å². The van der Waals surface area contributed by atoms with Crippen molar-refractivity contribution in [2.24, 2.45) is 0 Å². The number of amides is 1. The zero-order valence-corrected chi connectivity index (χ0v) is 10.9. The highest BCUT2D eigenvalue weighted by Gasteiger charge is 2.07. The van der Waals surface area contributed by atoms with Crippen LogP contribution in [0.3, 0.4) is 0 Å². The standard InChI is InChI=1S/C11H14INO3/c12-10-4-2-1-3-9(10)11(15)13-5-7-16-8-6-14/h1-4,14H,5-8H2,(H,13,15). The Morgan fingerprint density at radius 2 is 2.12 bits per heavy atom. The number of benzene rings is 1. The summed E-state index contributed by atoms with van der Waals surface area (Å²) >= 11 is 2.12. The molecule has 0 bridgehead atoms. The minimum absolute atomic E-state index is 0.00449. The summed E-state index contributed by atoms with van der Waals surface area (Å²) in [5.41, 5.74) is 0.672. The average molecular weight is 335 g/mol. The first-order chi connectivity index (χ1) is 7.75. The van der Waals surface area contributed by atoms with E-state index in [9.17, 15) is 4.79 Å². The minimum atomic E-state index is -0.0994. The first kappa shape index (κ1) is 13.4. The second-order valence-electron chi connectivity index (χ2n) is 3.07. The van der Waals surface area contributed by atoms with Gasteiger partial charge in [-0.1, -0.05) is 12.1 Å². The lowest BCUT2D eigenvalue weighted by molar-refractivity contribution is 0.0837. The third kappa shape index (κ3) is 4.46. The van der Waals surface area contributed by atoms with Crippen LogP contribution in [0.4, 0.5) is 0 Å². The van der Waals surface area contributed by atoms with E-state index in [2.05, 4.69) is 27.9 Å². The van der Waals surface area contributed by atoms with Gasteiger partial charge in [-0.2, -0.15) is 0 Å². The molecule has 0 unspecified atom stereocenters. The fourth-order valence-corrected chi connectivity index (χ4v) is 1.78. The van der Waals surface area contributed by atoms with Crippen LogP contribution in [-0.2, 0) is 4.74 Å². The van der Waals surface area contributed by atoms with E-state index in [4.69, 9.17) is 9.84 Å². The Bertz CT molecular complexity index is 344. The molecule has 0 spiro atoms. The van der Waals surface area contributed by atoms with Gasteiger partial charge >= 0.3 is 0 Å². The monoisotopic (exact) mass is 335 g/mol. The van der Waals surface area contributed by atoms with Crippen molar-refractivity contribution in [2.75, 3.05) is 26.4 Å². The highest BCUT2D eigenvalue weighted by Crippen LogP contribution is 2.10. The number of hydrogen-bond donors (Lipinski definition) is 2. The van der Waals surface area contributed by atoms with Gasteiger partial charge in [0.25, 0.3) is 5.91 Å². The van der Waals surface area contributed by atoms with Crippen molar-refractivity contribution in [2.45, 2.75) is 0 Å². The maximum absolute atomic E-state index is 11.7. The quantitative estimate of drug-likeness (QED) is 0.603. The fraction of sp³-hybridized carbons (Fsp3) is 0.364. The van der Waals surface area contributed by atoms with Gasteiger partial charge in [-0.3, -0.25) is 4.79 Å². The van der Waals surface area contributed by atoms with E-state index in [0.717, 1.165) is 3.57 Å². The normalized spacial score (nSPS) is 10.1. The summed E-state index contributed by atoms with van der Waals surface area (Å²) in [4.78, 5) is 11.7. The summed E-state index contributed by atoms with van der Waals surface area (Å²) in [6, 6.07) is 7.39. The van der Waals surface area contributed by atoms with Crippen molar-refractivity contribution < 1.29 is 14.6 Å². The molecule has 16 heavy (non-hydrogen) atoms. The highest BCUT2D eigenvalue weighted by atomic mass is 127. The number of rotatable bonds is 6. The van der Waals surface area contributed by atoms with Gasteiger partial charge in [-0.05, 0) is 34.7 Å². The van der Waals surface area contributed by atoms with Crippen molar-refractivity contribution in [1.29, 1.82) is 0 Å². The van der Waals surface area contributed by atoms with Crippen molar-refractivity contribution in [3.8, 4) is 0 Å². The molecule has 0 aromatic heterocycles. The first-order valence-electron chi connectivity index (χ1n) is 4.97. The molecule has 0 aliphatic rings. The minimum Gasteiger partial charge on any atom is -0.394 e. The molecular formula is C11H14INO3. The predicted octanol–water partition coefficient (Wildman–Crippen LogP) is 1.03. The number of nitrogens with one attached hydrogen (secondary N) is 1. The van der Waals surface area contributed by atoms with E-state index >= 15 is 0 Å². The van der Waals surface area contributed by atoms with E-state index in [0.29, 0.717) is 25.3 Å². The second kappa shape index (κ2) is 7.59. The molecule has 1 rings (SSSR count). The lowest BCUT2D eigenvalue weighted by Gasteiger charge is -2.06. The fourth-order valence-electron chi connectivity index (χ4n) is 1.14. The van der Waals surface area contributed by atoms with Gasteiger partial charge in [0.05, 0.1) is 25.4 Å². The maximum atomic E-state index is 11.7. The predicted molar refractivity (Wildman–Crippen MR) is 69.4 cm³/mol. The molecule has 1 aromatic carbocycles. The van der Waals surface area contributed by atoms with Crippen LogP contribution in [-0.4, -0.2) is 37.4 Å². The number of halogens is 1. The van der Waals surface area contributed by atoms with Crippen LogP contribution in [0, 0.1) is 3.57 Å². The Kier molecular flexibility index (Phi) is 6.36.